The highest BCUT2D eigenvalue weighted by Gasteiger charge is 2.20. The standard InChI is InChI=1S/C18H18N2S/c1-12-5-6-13-3-2-4-16(18(13)20-12)17-10-9-15(21-17)11-19-14-7-8-14/h2-6,9-10,14,19H,7-8,11H2,1H3. The fraction of sp³-hybridized carbons (Fsp3) is 0.278. The first-order valence-electron chi connectivity index (χ1n) is 7.48. The average molecular weight is 294 g/mol. The molecule has 0 amide bonds. The minimum atomic E-state index is 0.762. The van der Waals surface area contributed by atoms with E-state index in [0.717, 1.165) is 23.8 Å². The van der Waals surface area contributed by atoms with Crippen molar-refractivity contribution in [3.8, 4) is 10.4 Å². The van der Waals surface area contributed by atoms with Gasteiger partial charge in [-0.25, -0.2) is 0 Å². The lowest BCUT2D eigenvalue weighted by Crippen LogP contribution is -2.14. The van der Waals surface area contributed by atoms with Gasteiger partial charge in [-0.3, -0.25) is 4.98 Å². The molecule has 0 radical (unpaired) electrons. The molecule has 1 fully saturated rings. The van der Waals surface area contributed by atoms with Crippen molar-refractivity contribution in [2.75, 3.05) is 0 Å². The number of aryl methyl sites for hydroxylation is 1. The Labute approximate surface area is 128 Å². The number of fused-ring (bicyclic) bond motifs is 1. The zero-order valence-corrected chi connectivity index (χ0v) is 12.9. The summed E-state index contributed by atoms with van der Waals surface area (Å²) in [5, 5.41) is 4.79. The largest absolute Gasteiger partial charge is 0.309 e. The third-order valence-electron chi connectivity index (χ3n) is 3.93. The number of pyridine rings is 1. The van der Waals surface area contributed by atoms with E-state index in [2.05, 4.69) is 54.7 Å². The lowest BCUT2D eigenvalue weighted by atomic mass is 10.1. The van der Waals surface area contributed by atoms with Gasteiger partial charge in [0, 0.05) is 39.0 Å². The number of nitrogens with zero attached hydrogens (tertiary/aromatic N) is 1. The first-order valence-corrected chi connectivity index (χ1v) is 8.30. The summed E-state index contributed by atoms with van der Waals surface area (Å²) in [4.78, 5) is 7.45. The van der Waals surface area contributed by atoms with Gasteiger partial charge in [-0.15, -0.1) is 11.3 Å². The molecule has 0 bridgehead atoms. The molecule has 0 spiro atoms. The SMILES string of the molecule is Cc1ccc2cccc(-c3ccc(CNC4CC4)s3)c2n1. The second-order valence-electron chi connectivity index (χ2n) is 5.75. The van der Waals surface area contributed by atoms with Gasteiger partial charge in [0.15, 0.2) is 0 Å². The van der Waals surface area contributed by atoms with Gasteiger partial charge < -0.3 is 5.32 Å². The van der Waals surface area contributed by atoms with E-state index in [1.54, 1.807) is 0 Å². The van der Waals surface area contributed by atoms with Crippen LogP contribution in [0.5, 0.6) is 0 Å². The summed E-state index contributed by atoms with van der Waals surface area (Å²) < 4.78 is 0. The highest BCUT2D eigenvalue weighted by Crippen LogP contribution is 2.33. The molecule has 0 atom stereocenters. The van der Waals surface area contributed by atoms with Crippen molar-refractivity contribution in [1.82, 2.24) is 10.3 Å². The Hall–Kier alpha value is -1.71. The van der Waals surface area contributed by atoms with Crippen LogP contribution in [0.15, 0.2) is 42.5 Å². The molecule has 3 aromatic rings. The van der Waals surface area contributed by atoms with Gasteiger partial charge in [0.2, 0.25) is 0 Å². The van der Waals surface area contributed by atoms with E-state index < -0.39 is 0 Å². The Morgan fingerprint density at radius 2 is 2.05 bits per heavy atom. The Kier molecular flexibility index (Phi) is 3.24. The first-order chi connectivity index (χ1) is 10.3. The number of hydrogen-bond acceptors (Lipinski definition) is 3. The maximum atomic E-state index is 4.74. The molecule has 1 saturated carbocycles. The molecule has 2 aromatic heterocycles. The quantitative estimate of drug-likeness (QED) is 0.765. The summed E-state index contributed by atoms with van der Waals surface area (Å²) >= 11 is 1.87. The minimum Gasteiger partial charge on any atom is -0.309 e. The summed E-state index contributed by atoms with van der Waals surface area (Å²) in [6.07, 6.45) is 2.68. The van der Waals surface area contributed by atoms with Crippen LogP contribution in [0.3, 0.4) is 0 Å². The Morgan fingerprint density at radius 1 is 1.14 bits per heavy atom. The molecule has 21 heavy (non-hydrogen) atoms. The fourth-order valence-electron chi connectivity index (χ4n) is 2.59. The van der Waals surface area contributed by atoms with Crippen LogP contribution in [0.2, 0.25) is 0 Å². The van der Waals surface area contributed by atoms with Gasteiger partial charge in [-0.05, 0) is 38.0 Å². The number of nitrogens with one attached hydrogen (secondary N) is 1. The normalized spacial score (nSPS) is 14.7. The van der Waals surface area contributed by atoms with Gasteiger partial charge in [-0.1, -0.05) is 24.3 Å². The molecule has 1 aliphatic rings. The van der Waals surface area contributed by atoms with Crippen LogP contribution in [-0.2, 0) is 6.54 Å². The third kappa shape index (κ3) is 2.71. The van der Waals surface area contributed by atoms with Crippen LogP contribution in [-0.4, -0.2) is 11.0 Å². The number of hydrogen-bond donors (Lipinski definition) is 1. The number of rotatable bonds is 4. The second-order valence-corrected chi connectivity index (χ2v) is 6.92. The van der Waals surface area contributed by atoms with Gasteiger partial charge in [0.1, 0.15) is 0 Å². The van der Waals surface area contributed by atoms with Gasteiger partial charge in [0.25, 0.3) is 0 Å². The fourth-order valence-corrected chi connectivity index (χ4v) is 3.58. The van der Waals surface area contributed by atoms with E-state index >= 15 is 0 Å². The molecule has 1 aliphatic carbocycles. The predicted octanol–water partition coefficient (Wildman–Crippen LogP) is 4.52. The van der Waals surface area contributed by atoms with Crippen LogP contribution in [0, 0.1) is 6.92 Å². The maximum Gasteiger partial charge on any atom is 0.0791 e. The molecule has 2 nitrogen and oxygen atoms in total. The molecule has 106 valence electrons. The van der Waals surface area contributed by atoms with E-state index in [0.29, 0.717) is 0 Å². The highest BCUT2D eigenvalue weighted by molar-refractivity contribution is 7.15. The van der Waals surface area contributed by atoms with E-state index in [1.165, 1.54) is 33.5 Å². The van der Waals surface area contributed by atoms with Crippen molar-refractivity contribution in [1.29, 1.82) is 0 Å². The molecule has 4 rings (SSSR count). The van der Waals surface area contributed by atoms with Crippen LogP contribution in [0.1, 0.15) is 23.4 Å². The van der Waals surface area contributed by atoms with Crippen molar-refractivity contribution in [2.24, 2.45) is 0 Å². The lowest BCUT2D eigenvalue weighted by Gasteiger charge is -2.05. The Balaban J connectivity index is 1.70. The van der Waals surface area contributed by atoms with Crippen molar-refractivity contribution in [2.45, 2.75) is 32.4 Å². The average Bonchev–Trinajstić information content (AvgIpc) is 3.21. The summed E-state index contributed by atoms with van der Waals surface area (Å²) in [6.45, 7) is 3.04. The Morgan fingerprint density at radius 3 is 2.90 bits per heavy atom. The molecule has 0 unspecified atom stereocenters. The summed E-state index contributed by atoms with van der Waals surface area (Å²) in [5.41, 5.74) is 3.43. The summed E-state index contributed by atoms with van der Waals surface area (Å²) in [7, 11) is 0. The lowest BCUT2D eigenvalue weighted by molar-refractivity contribution is 0.695. The third-order valence-corrected chi connectivity index (χ3v) is 5.05. The van der Waals surface area contributed by atoms with Crippen molar-refractivity contribution < 1.29 is 0 Å². The summed E-state index contributed by atoms with van der Waals surface area (Å²) in [6, 6.07) is 15.9. The van der Waals surface area contributed by atoms with Gasteiger partial charge in [-0.2, -0.15) is 0 Å². The number of thiophene rings is 1. The van der Waals surface area contributed by atoms with E-state index in [4.69, 9.17) is 4.98 Å². The number of para-hydroxylation sites is 1. The second kappa shape index (κ2) is 5.24. The summed E-state index contributed by atoms with van der Waals surface area (Å²) in [5.74, 6) is 0. The van der Waals surface area contributed by atoms with Crippen LogP contribution < -0.4 is 5.32 Å². The van der Waals surface area contributed by atoms with E-state index in [9.17, 15) is 0 Å². The van der Waals surface area contributed by atoms with Crippen molar-refractivity contribution >= 4 is 22.2 Å². The van der Waals surface area contributed by atoms with Gasteiger partial charge >= 0.3 is 0 Å². The van der Waals surface area contributed by atoms with E-state index in [1.807, 2.05) is 11.3 Å². The van der Waals surface area contributed by atoms with E-state index in [-0.39, 0.29) is 0 Å². The zero-order chi connectivity index (χ0) is 14.2. The molecule has 2 heterocycles. The molecular weight excluding hydrogens is 276 g/mol. The molecular formula is C18H18N2S. The van der Waals surface area contributed by atoms with Crippen LogP contribution >= 0.6 is 11.3 Å². The molecule has 1 N–H and O–H groups in total. The van der Waals surface area contributed by atoms with Crippen molar-refractivity contribution in [3.63, 3.8) is 0 Å². The monoisotopic (exact) mass is 294 g/mol. The molecule has 0 aliphatic heterocycles. The number of benzene rings is 1. The van der Waals surface area contributed by atoms with Crippen LogP contribution in [0.25, 0.3) is 21.3 Å². The topological polar surface area (TPSA) is 24.9 Å². The first kappa shape index (κ1) is 13.0. The smallest absolute Gasteiger partial charge is 0.0791 e. The van der Waals surface area contributed by atoms with Crippen molar-refractivity contribution in [3.05, 3.63) is 53.0 Å². The molecule has 0 saturated heterocycles. The Bertz CT molecular complexity index is 787. The molecule has 3 heteroatoms. The van der Waals surface area contributed by atoms with Gasteiger partial charge in [0.05, 0.1) is 5.52 Å². The highest BCUT2D eigenvalue weighted by atomic mass is 32.1. The number of aromatic nitrogens is 1. The molecule has 1 aromatic carbocycles. The zero-order valence-electron chi connectivity index (χ0n) is 12.1. The van der Waals surface area contributed by atoms with Crippen LogP contribution in [0.4, 0.5) is 0 Å². The predicted molar refractivity (Wildman–Crippen MR) is 89.7 cm³/mol. The maximum absolute atomic E-state index is 4.74. The minimum absolute atomic E-state index is 0.762.